The van der Waals surface area contributed by atoms with Gasteiger partial charge in [-0.15, -0.1) is 10.2 Å². The van der Waals surface area contributed by atoms with Crippen molar-refractivity contribution < 1.29 is 0 Å². The molecule has 0 saturated heterocycles. The summed E-state index contributed by atoms with van der Waals surface area (Å²) in [6, 6.07) is 1.77. The van der Waals surface area contributed by atoms with Crippen molar-refractivity contribution in [2.75, 3.05) is 0 Å². The summed E-state index contributed by atoms with van der Waals surface area (Å²) in [5.74, 6) is 0. The van der Waals surface area contributed by atoms with E-state index >= 15 is 0 Å². The molecule has 1 aromatic heterocycles. The summed E-state index contributed by atoms with van der Waals surface area (Å²) in [5.41, 5.74) is 0.212. The van der Waals surface area contributed by atoms with Crippen molar-refractivity contribution >= 4 is 0 Å². The van der Waals surface area contributed by atoms with Crippen molar-refractivity contribution in [1.82, 2.24) is 15.2 Å². The highest BCUT2D eigenvalue weighted by Crippen LogP contribution is 1.78. The highest BCUT2D eigenvalue weighted by atomic mass is 15.1. The number of rotatable bonds is 0. The predicted molar refractivity (Wildman–Crippen MR) is 23.4 cm³/mol. The zero-order valence-electron chi connectivity index (χ0n) is 3.87. The second-order valence-electron chi connectivity index (χ2n) is 1.06. The topological polar surface area (TPSA) is 62.5 Å². The van der Waals surface area contributed by atoms with Crippen LogP contribution in [0.1, 0.15) is 5.69 Å². The fraction of sp³-hybridized carbons (Fsp3) is 0. The molecule has 0 aliphatic heterocycles. The van der Waals surface area contributed by atoms with Crippen LogP contribution in [0.2, 0.25) is 0 Å². The maximum absolute atomic E-state index is 8.13. The van der Waals surface area contributed by atoms with E-state index in [1.807, 2.05) is 0 Å². The molecule has 0 atom stereocenters. The minimum Gasteiger partial charge on any atom is -0.229 e. The maximum Gasteiger partial charge on any atom is 0.221 e. The Kier molecular flexibility index (Phi) is 1.15. The van der Waals surface area contributed by atoms with Crippen molar-refractivity contribution in [2.45, 2.75) is 0 Å². The molecule has 4 nitrogen and oxygen atoms in total. The van der Waals surface area contributed by atoms with Gasteiger partial charge in [0.1, 0.15) is 6.07 Å². The third kappa shape index (κ3) is 0.763. The van der Waals surface area contributed by atoms with Crippen molar-refractivity contribution in [1.29, 1.82) is 5.26 Å². The molecule has 0 aliphatic rings. The molecule has 0 saturated carbocycles. The third-order valence-electron chi connectivity index (χ3n) is 0.562. The van der Waals surface area contributed by atoms with E-state index in [4.69, 9.17) is 5.26 Å². The summed E-state index contributed by atoms with van der Waals surface area (Å²) >= 11 is 0. The van der Waals surface area contributed by atoms with Crippen LogP contribution in [0.15, 0.2) is 6.20 Å². The molecular weight excluding hydrogens is 104 g/mol. The van der Waals surface area contributed by atoms with Gasteiger partial charge in [-0.05, 0) is 0 Å². The smallest absolute Gasteiger partial charge is 0.221 e. The van der Waals surface area contributed by atoms with Crippen LogP contribution in [0, 0.1) is 17.7 Å². The molecule has 37 valence electrons. The summed E-state index contributed by atoms with van der Waals surface area (Å²) < 4.78 is 0. The van der Waals surface area contributed by atoms with Crippen molar-refractivity contribution in [2.24, 2.45) is 0 Å². The van der Waals surface area contributed by atoms with Crippen LogP contribution in [-0.4, -0.2) is 15.2 Å². The molecule has 1 heterocycles. The van der Waals surface area contributed by atoms with Crippen LogP contribution in [0.3, 0.4) is 0 Å². The molecular formula is C4HN4. The lowest BCUT2D eigenvalue weighted by Gasteiger charge is -1.76. The van der Waals surface area contributed by atoms with Crippen LogP contribution in [-0.2, 0) is 0 Å². The van der Waals surface area contributed by atoms with Crippen LogP contribution >= 0.6 is 0 Å². The fourth-order valence-electron chi connectivity index (χ4n) is 0.269. The number of nitriles is 1. The van der Waals surface area contributed by atoms with E-state index in [0.29, 0.717) is 0 Å². The van der Waals surface area contributed by atoms with Gasteiger partial charge in [-0.2, -0.15) is 5.26 Å². The molecule has 0 aliphatic carbocycles. The Morgan fingerprint density at radius 1 is 1.75 bits per heavy atom. The number of hydrogen-bond donors (Lipinski definition) is 0. The van der Waals surface area contributed by atoms with Crippen molar-refractivity contribution in [3.8, 4) is 6.07 Å². The Bertz CT molecular complexity index is 199. The highest BCUT2D eigenvalue weighted by Gasteiger charge is 1.84. The Hall–Kier alpha value is -1.50. The molecule has 8 heavy (non-hydrogen) atoms. The van der Waals surface area contributed by atoms with Gasteiger partial charge in [0.15, 0.2) is 5.69 Å². The first kappa shape index (κ1) is 4.65. The summed E-state index contributed by atoms with van der Waals surface area (Å²) in [4.78, 5) is 3.43. The third-order valence-corrected chi connectivity index (χ3v) is 0.562. The molecule has 0 amide bonds. The van der Waals surface area contributed by atoms with Gasteiger partial charge in [-0.1, -0.05) is 0 Å². The molecule has 1 rings (SSSR count). The molecule has 0 spiro atoms. The van der Waals surface area contributed by atoms with Crippen LogP contribution in [0.5, 0.6) is 0 Å². The summed E-state index contributed by atoms with van der Waals surface area (Å²) in [7, 11) is 0. The molecule has 0 bridgehead atoms. The van der Waals surface area contributed by atoms with E-state index in [0.717, 1.165) is 0 Å². The van der Waals surface area contributed by atoms with Gasteiger partial charge >= 0.3 is 0 Å². The molecule has 0 fully saturated rings. The van der Waals surface area contributed by atoms with E-state index in [1.54, 1.807) is 6.07 Å². The van der Waals surface area contributed by atoms with Crippen LogP contribution in [0.4, 0.5) is 0 Å². The van der Waals surface area contributed by atoms with Crippen LogP contribution < -0.4 is 0 Å². The standard InChI is InChI=1S/C4HN4/c5-1-4-2-6-3-7-8-4/h2H. The van der Waals surface area contributed by atoms with E-state index in [-0.39, 0.29) is 5.69 Å². The average molecular weight is 105 g/mol. The summed E-state index contributed by atoms with van der Waals surface area (Å²) in [6.07, 6.45) is 3.50. The first-order chi connectivity index (χ1) is 3.93. The van der Waals surface area contributed by atoms with E-state index in [9.17, 15) is 0 Å². The normalized spacial score (nSPS) is 7.88. The lowest BCUT2D eigenvalue weighted by Crippen LogP contribution is -1.86. The quantitative estimate of drug-likeness (QED) is 0.448. The molecule has 0 N–H and O–H groups in total. The second-order valence-corrected chi connectivity index (χ2v) is 1.06. The lowest BCUT2D eigenvalue weighted by atomic mass is 10.5. The van der Waals surface area contributed by atoms with Gasteiger partial charge < -0.3 is 0 Å². The van der Waals surface area contributed by atoms with Gasteiger partial charge in [0.2, 0.25) is 6.33 Å². The highest BCUT2D eigenvalue weighted by molar-refractivity contribution is 5.11. The first-order valence-corrected chi connectivity index (χ1v) is 1.89. The van der Waals surface area contributed by atoms with Crippen molar-refractivity contribution in [3.63, 3.8) is 0 Å². The first-order valence-electron chi connectivity index (χ1n) is 1.89. The second kappa shape index (κ2) is 1.98. The Morgan fingerprint density at radius 3 is 3.00 bits per heavy atom. The molecule has 1 radical (unpaired) electrons. The molecule has 0 unspecified atom stereocenters. The van der Waals surface area contributed by atoms with Gasteiger partial charge in [-0.25, -0.2) is 4.98 Å². The summed E-state index contributed by atoms with van der Waals surface area (Å²) in [5, 5.41) is 14.7. The van der Waals surface area contributed by atoms with Gasteiger partial charge in [0.25, 0.3) is 0 Å². The maximum atomic E-state index is 8.13. The van der Waals surface area contributed by atoms with Crippen molar-refractivity contribution in [3.05, 3.63) is 18.2 Å². The Morgan fingerprint density at radius 2 is 2.62 bits per heavy atom. The average Bonchev–Trinajstić information content (AvgIpc) is 1.90. The zero-order chi connectivity index (χ0) is 5.82. The Labute approximate surface area is 45.8 Å². The van der Waals surface area contributed by atoms with Gasteiger partial charge in [0, 0.05) is 0 Å². The largest absolute Gasteiger partial charge is 0.229 e. The fourth-order valence-corrected chi connectivity index (χ4v) is 0.269. The SMILES string of the molecule is N#Cc1cn[c]nn1. The lowest BCUT2D eigenvalue weighted by molar-refractivity contribution is 0.939. The van der Waals surface area contributed by atoms with E-state index in [2.05, 4.69) is 21.5 Å². The molecule has 1 aromatic rings. The molecule has 0 aromatic carbocycles. The summed E-state index contributed by atoms with van der Waals surface area (Å²) in [6.45, 7) is 0. The van der Waals surface area contributed by atoms with E-state index in [1.165, 1.54) is 6.20 Å². The number of hydrogen-bond acceptors (Lipinski definition) is 4. The Balaban J connectivity index is 3.05. The van der Waals surface area contributed by atoms with Gasteiger partial charge in [-0.3, -0.25) is 0 Å². The van der Waals surface area contributed by atoms with Crippen LogP contribution in [0.25, 0.3) is 0 Å². The monoisotopic (exact) mass is 105 g/mol. The number of nitrogens with zero attached hydrogens (tertiary/aromatic N) is 4. The minimum absolute atomic E-state index is 0.212. The number of aromatic nitrogens is 3. The minimum atomic E-state index is 0.212. The van der Waals surface area contributed by atoms with Gasteiger partial charge in [0.05, 0.1) is 6.20 Å². The zero-order valence-corrected chi connectivity index (χ0v) is 3.87. The van der Waals surface area contributed by atoms with E-state index < -0.39 is 0 Å². The predicted octanol–water partition coefficient (Wildman–Crippen LogP) is -0.457. The molecule has 4 heteroatoms.